The van der Waals surface area contributed by atoms with E-state index in [0.29, 0.717) is 25.3 Å². The molecule has 168 valence electrons. The Hall–Kier alpha value is -2.91. The lowest BCUT2D eigenvalue weighted by atomic mass is 10.1. The Morgan fingerprint density at radius 1 is 1.06 bits per heavy atom. The van der Waals surface area contributed by atoms with E-state index in [-0.39, 0.29) is 17.4 Å². The molecule has 3 aromatic rings. The molecular weight excluding hydrogens is 496 g/mol. The van der Waals surface area contributed by atoms with E-state index in [9.17, 15) is 14.4 Å². The van der Waals surface area contributed by atoms with Crippen LogP contribution in [0.3, 0.4) is 0 Å². The van der Waals surface area contributed by atoms with E-state index in [1.165, 1.54) is 25.4 Å². The summed E-state index contributed by atoms with van der Waals surface area (Å²) >= 11 is 4.65. The standard InChI is InChI=1S/C23H23BrN2O5S/c1-11-7-6-8-12(2)18(11)26-21(28)13(3)31-19-16(24)10-9-15-17(23(29)30-5)22(25-14(4)27)32-20(15)19/h6-10,13H,1-5H3,(H,25,27)(H,26,28)/t13-/m0/s1. The van der Waals surface area contributed by atoms with Crippen LogP contribution in [0, 0.1) is 13.8 Å². The molecule has 0 radical (unpaired) electrons. The Labute approximate surface area is 198 Å². The molecule has 0 aliphatic rings. The van der Waals surface area contributed by atoms with Crippen LogP contribution < -0.4 is 15.4 Å². The number of hydrogen-bond acceptors (Lipinski definition) is 6. The van der Waals surface area contributed by atoms with Gasteiger partial charge < -0.3 is 20.1 Å². The van der Waals surface area contributed by atoms with E-state index >= 15 is 0 Å². The fourth-order valence-corrected chi connectivity index (χ4v) is 5.02. The molecule has 32 heavy (non-hydrogen) atoms. The van der Waals surface area contributed by atoms with Gasteiger partial charge in [0.2, 0.25) is 5.91 Å². The number of esters is 1. The van der Waals surface area contributed by atoms with Gasteiger partial charge in [0, 0.05) is 18.0 Å². The number of carbonyl (C=O) groups excluding carboxylic acids is 3. The summed E-state index contributed by atoms with van der Waals surface area (Å²) in [5.41, 5.74) is 2.90. The molecule has 1 aromatic heterocycles. The molecule has 0 bridgehead atoms. The molecule has 2 aromatic carbocycles. The summed E-state index contributed by atoms with van der Waals surface area (Å²) in [5, 5.41) is 6.52. The quantitative estimate of drug-likeness (QED) is 0.424. The fraction of sp³-hybridized carbons (Fsp3) is 0.261. The molecule has 0 unspecified atom stereocenters. The molecule has 1 heterocycles. The summed E-state index contributed by atoms with van der Waals surface area (Å²) in [5.74, 6) is -0.796. The lowest BCUT2D eigenvalue weighted by Gasteiger charge is -2.18. The number of carbonyl (C=O) groups is 3. The minimum Gasteiger partial charge on any atom is -0.478 e. The zero-order chi connectivity index (χ0) is 23.6. The van der Waals surface area contributed by atoms with Crippen molar-refractivity contribution >= 4 is 65.8 Å². The topological polar surface area (TPSA) is 93.7 Å². The molecule has 0 saturated heterocycles. The maximum absolute atomic E-state index is 12.9. The zero-order valence-electron chi connectivity index (χ0n) is 18.3. The second kappa shape index (κ2) is 9.70. The van der Waals surface area contributed by atoms with Gasteiger partial charge in [-0.3, -0.25) is 9.59 Å². The third kappa shape index (κ3) is 4.78. The van der Waals surface area contributed by atoms with Crippen LogP contribution in [0.4, 0.5) is 10.7 Å². The van der Waals surface area contributed by atoms with E-state index in [1.807, 2.05) is 32.0 Å². The van der Waals surface area contributed by atoms with Gasteiger partial charge in [0.05, 0.1) is 16.3 Å². The Balaban J connectivity index is 1.98. The molecular formula is C23H23BrN2O5S. The van der Waals surface area contributed by atoms with Crippen LogP contribution in [-0.2, 0) is 14.3 Å². The lowest BCUT2D eigenvalue weighted by Crippen LogP contribution is -2.30. The fourth-order valence-electron chi connectivity index (χ4n) is 3.24. The highest BCUT2D eigenvalue weighted by Crippen LogP contribution is 2.45. The van der Waals surface area contributed by atoms with Crippen LogP contribution in [0.2, 0.25) is 0 Å². The molecule has 3 rings (SSSR count). The third-order valence-corrected chi connectivity index (χ3v) is 6.58. The van der Waals surface area contributed by atoms with Crippen LogP contribution in [0.15, 0.2) is 34.8 Å². The Morgan fingerprint density at radius 2 is 1.72 bits per heavy atom. The van der Waals surface area contributed by atoms with Gasteiger partial charge >= 0.3 is 5.97 Å². The van der Waals surface area contributed by atoms with Gasteiger partial charge in [0.25, 0.3) is 5.91 Å². The number of rotatable bonds is 6. The van der Waals surface area contributed by atoms with E-state index in [2.05, 4.69) is 26.6 Å². The maximum Gasteiger partial charge on any atom is 0.341 e. The number of benzene rings is 2. The first kappa shape index (κ1) is 23.7. The average Bonchev–Trinajstić information content (AvgIpc) is 3.09. The lowest BCUT2D eigenvalue weighted by molar-refractivity contribution is -0.122. The smallest absolute Gasteiger partial charge is 0.341 e. The van der Waals surface area contributed by atoms with Gasteiger partial charge in [-0.15, -0.1) is 11.3 Å². The van der Waals surface area contributed by atoms with Gasteiger partial charge in [-0.05, 0) is 53.9 Å². The van der Waals surface area contributed by atoms with Crippen molar-refractivity contribution in [3.05, 3.63) is 51.5 Å². The Bertz CT molecular complexity index is 1200. The van der Waals surface area contributed by atoms with E-state index in [1.54, 1.807) is 19.1 Å². The third-order valence-electron chi connectivity index (χ3n) is 4.84. The first-order chi connectivity index (χ1) is 15.1. The molecule has 2 N–H and O–H groups in total. The van der Waals surface area contributed by atoms with Crippen molar-refractivity contribution in [2.24, 2.45) is 0 Å². The molecule has 0 spiro atoms. The zero-order valence-corrected chi connectivity index (χ0v) is 20.7. The van der Waals surface area contributed by atoms with Gasteiger partial charge in [-0.1, -0.05) is 24.3 Å². The van der Waals surface area contributed by atoms with Crippen LogP contribution >= 0.6 is 27.3 Å². The van der Waals surface area contributed by atoms with Crippen molar-refractivity contribution in [3.8, 4) is 5.75 Å². The number of fused-ring (bicyclic) bond motifs is 1. The average molecular weight is 519 g/mol. The van der Waals surface area contributed by atoms with Crippen molar-refractivity contribution in [1.82, 2.24) is 0 Å². The summed E-state index contributed by atoms with van der Waals surface area (Å²) in [7, 11) is 1.28. The van der Waals surface area contributed by atoms with Crippen molar-refractivity contribution in [2.45, 2.75) is 33.8 Å². The Morgan fingerprint density at radius 3 is 2.31 bits per heavy atom. The first-order valence-corrected chi connectivity index (χ1v) is 11.4. The second-order valence-corrected chi connectivity index (χ2v) is 9.12. The summed E-state index contributed by atoms with van der Waals surface area (Å²) in [6.45, 7) is 6.86. The molecule has 0 fully saturated rings. The van der Waals surface area contributed by atoms with E-state index in [0.717, 1.165) is 16.8 Å². The van der Waals surface area contributed by atoms with Crippen LogP contribution in [0.1, 0.15) is 35.3 Å². The van der Waals surface area contributed by atoms with Gasteiger partial charge in [0.1, 0.15) is 10.6 Å². The number of halogens is 1. The summed E-state index contributed by atoms with van der Waals surface area (Å²) in [6.07, 6.45) is -0.830. The van der Waals surface area contributed by atoms with E-state index in [4.69, 9.17) is 9.47 Å². The highest BCUT2D eigenvalue weighted by Gasteiger charge is 2.26. The minimum absolute atomic E-state index is 0.243. The predicted octanol–water partition coefficient (Wildman–Crippen LogP) is 5.43. The number of nitrogens with one attached hydrogen (secondary N) is 2. The maximum atomic E-state index is 12.9. The minimum atomic E-state index is -0.830. The second-order valence-electron chi connectivity index (χ2n) is 7.25. The number of amides is 2. The number of para-hydroxylation sites is 1. The van der Waals surface area contributed by atoms with Gasteiger partial charge in [0.15, 0.2) is 11.9 Å². The van der Waals surface area contributed by atoms with Gasteiger partial charge in [-0.2, -0.15) is 0 Å². The molecule has 2 amide bonds. The number of methoxy groups -OCH3 is 1. The molecule has 1 atom stereocenters. The van der Waals surface area contributed by atoms with Gasteiger partial charge in [-0.25, -0.2) is 4.79 Å². The SMILES string of the molecule is COC(=O)c1c(NC(C)=O)sc2c(O[C@@H](C)C(=O)Nc3c(C)cccc3C)c(Br)ccc12. The highest BCUT2D eigenvalue weighted by molar-refractivity contribution is 9.10. The number of thiophene rings is 1. The normalized spacial score (nSPS) is 11.7. The summed E-state index contributed by atoms with van der Waals surface area (Å²) in [4.78, 5) is 36.9. The largest absolute Gasteiger partial charge is 0.478 e. The van der Waals surface area contributed by atoms with Crippen molar-refractivity contribution in [3.63, 3.8) is 0 Å². The Kier molecular flexibility index (Phi) is 7.20. The number of hydrogen-bond donors (Lipinski definition) is 2. The molecule has 9 heteroatoms. The number of anilines is 2. The number of ether oxygens (including phenoxy) is 2. The molecule has 0 aliphatic heterocycles. The van der Waals surface area contributed by atoms with Crippen molar-refractivity contribution in [2.75, 3.05) is 17.7 Å². The predicted molar refractivity (Wildman–Crippen MR) is 130 cm³/mol. The molecule has 0 saturated carbocycles. The monoisotopic (exact) mass is 518 g/mol. The van der Waals surface area contributed by atoms with Crippen LogP contribution in [0.5, 0.6) is 5.75 Å². The van der Waals surface area contributed by atoms with E-state index < -0.39 is 12.1 Å². The summed E-state index contributed by atoms with van der Waals surface area (Å²) < 4.78 is 12.2. The molecule has 0 aliphatic carbocycles. The number of aryl methyl sites for hydroxylation is 2. The molecule has 7 nitrogen and oxygen atoms in total. The summed E-state index contributed by atoms with van der Waals surface area (Å²) in [6, 6.07) is 9.25. The van der Waals surface area contributed by atoms with Crippen molar-refractivity contribution < 1.29 is 23.9 Å². The van der Waals surface area contributed by atoms with Crippen LogP contribution in [0.25, 0.3) is 10.1 Å². The van der Waals surface area contributed by atoms with Crippen LogP contribution in [-0.4, -0.2) is 31.0 Å². The van der Waals surface area contributed by atoms with Crippen molar-refractivity contribution in [1.29, 1.82) is 0 Å². The highest BCUT2D eigenvalue weighted by atomic mass is 79.9. The first-order valence-electron chi connectivity index (χ1n) is 9.78.